The van der Waals surface area contributed by atoms with Crippen LogP contribution in [0.15, 0.2) is 79.0 Å². The highest BCUT2D eigenvalue weighted by atomic mass is 19.1. The minimum atomic E-state index is -0.763. The summed E-state index contributed by atoms with van der Waals surface area (Å²) in [5, 5.41) is 2.81. The largest absolute Gasteiger partial charge is 0.484 e. The lowest BCUT2D eigenvalue weighted by Gasteiger charge is -2.28. The van der Waals surface area contributed by atoms with E-state index in [0.29, 0.717) is 17.0 Å². The molecule has 0 saturated carbocycles. The third-order valence-corrected chi connectivity index (χ3v) is 4.71. The minimum Gasteiger partial charge on any atom is -0.484 e. The predicted molar refractivity (Wildman–Crippen MR) is 114 cm³/mol. The highest BCUT2D eigenvalue weighted by molar-refractivity contribution is 5.87. The molecule has 0 fully saturated rings. The third kappa shape index (κ3) is 6.64. The highest BCUT2D eigenvalue weighted by Gasteiger charge is 2.26. The molecule has 3 rings (SSSR count). The van der Waals surface area contributed by atoms with Crippen molar-refractivity contribution in [2.75, 3.05) is 6.61 Å². The van der Waals surface area contributed by atoms with Gasteiger partial charge in [-0.2, -0.15) is 0 Å². The number of benzene rings is 2. The van der Waals surface area contributed by atoms with Crippen molar-refractivity contribution in [3.8, 4) is 5.75 Å². The number of pyridine rings is 1. The second kappa shape index (κ2) is 10.9. The lowest BCUT2D eigenvalue weighted by Crippen LogP contribution is -2.48. The summed E-state index contributed by atoms with van der Waals surface area (Å²) >= 11 is 0. The molecule has 1 heterocycles. The van der Waals surface area contributed by atoms with Gasteiger partial charge in [0, 0.05) is 12.7 Å². The maximum absolute atomic E-state index is 13.3. The molecule has 0 bridgehead atoms. The van der Waals surface area contributed by atoms with Crippen LogP contribution in [0.5, 0.6) is 5.75 Å². The van der Waals surface area contributed by atoms with E-state index in [1.807, 2.05) is 24.3 Å². The SMILES string of the molecule is C[C@H](C(=O)NCc1ccccn1)N(Cc1ccc(F)cc1)C(=O)COc1ccccc1. The number of nitrogens with one attached hydrogen (secondary N) is 1. The molecule has 0 aliphatic carbocycles. The predicted octanol–water partition coefficient (Wildman–Crippen LogP) is 3.33. The average molecular weight is 421 g/mol. The number of carbonyl (C=O) groups excluding carboxylic acids is 2. The normalized spacial score (nSPS) is 11.4. The molecule has 7 heteroatoms. The van der Waals surface area contributed by atoms with E-state index in [0.717, 1.165) is 0 Å². The van der Waals surface area contributed by atoms with E-state index in [4.69, 9.17) is 4.74 Å². The number of rotatable bonds is 9. The average Bonchev–Trinajstić information content (AvgIpc) is 2.81. The Labute approximate surface area is 180 Å². The van der Waals surface area contributed by atoms with Gasteiger partial charge in [-0.25, -0.2) is 4.39 Å². The van der Waals surface area contributed by atoms with Gasteiger partial charge in [0.25, 0.3) is 5.91 Å². The van der Waals surface area contributed by atoms with Gasteiger partial charge in [0.15, 0.2) is 6.61 Å². The minimum absolute atomic E-state index is 0.148. The standard InChI is InChI=1S/C24H24FN3O3/c1-18(24(30)27-15-21-7-5-6-14-26-21)28(16-19-10-12-20(25)13-11-19)23(29)17-31-22-8-3-2-4-9-22/h2-14,18H,15-17H2,1H3,(H,27,30)/t18-/m1/s1. The number of para-hydroxylation sites is 1. The summed E-state index contributed by atoms with van der Waals surface area (Å²) in [6, 6.07) is 19.5. The van der Waals surface area contributed by atoms with E-state index in [1.54, 1.807) is 49.5 Å². The van der Waals surface area contributed by atoms with Crippen LogP contribution in [0.4, 0.5) is 4.39 Å². The molecule has 0 aliphatic rings. The maximum atomic E-state index is 13.3. The Hall–Kier alpha value is -3.74. The van der Waals surface area contributed by atoms with E-state index in [2.05, 4.69) is 10.3 Å². The number of hydrogen-bond acceptors (Lipinski definition) is 4. The zero-order valence-electron chi connectivity index (χ0n) is 17.2. The smallest absolute Gasteiger partial charge is 0.261 e. The van der Waals surface area contributed by atoms with Crippen molar-refractivity contribution in [3.63, 3.8) is 0 Å². The molecule has 0 aliphatic heterocycles. The number of nitrogens with zero attached hydrogens (tertiary/aromatic N) is 2. The van der Waals surface area contributed by atoms with Crippen molar-refractivity contribution < 1.29 is 18.7 Å². The molecule has 1 aromatic heterocycles. The fourth-order valence-corrected chi connectivity index (χ4v) is 2.94. The Kier molecular flexibility index (Phi) is 7.70. The molecule has 2 amide bonds. The quantitative estimate of drug-likeness (QED) is 0.575. The van der Waals surface area contributed by atoms with Gasteiger partial charge in [-0.05, 0) is 48.9 Å². The molecule has 1 N–H and O–H groups in total. The Bertz CT molecular complexity index is 982. The first-order valence-electron chi connectivity index (χ1n) is 9.92. The first-order valence-corrected chi connectivity index (χ1v) is 9.92. The number of hydrogen-bond donors (Lipinski definition) is 1. The van der Waals surface area contributed by atoms with Crippen LogP contribution >= 0.6 is 0 Å². The first-order chi connectivity index (χ1) is 15.0. The monoisotopic (exact) mass is 421 g/mol. The summed E-state index contributed by atoms with van der Waals surface area (Å²) in [5.41, 5.74) is 1.42. The highest BCUT2D eigenvalue weighted by Crippen LogP contribution is 2.13. The third-order valence-electron chi connectivity index (χ3n) is 4.71. The Morgan fingerprint density at radius 1 is 1.03 bits per heavy atom. The first kappa shape index (κ1) is 22.0. The molecule has 0 unspecified atom stereocenters. The number of carbonyl (C=O) groups is 2. The van der Waals surface area contributed by atoms with Gasteiger partial charge in [-0.15, -0.1) is 0 Å². The van der Waals surface area contributed by atoms with Crippen molar-refractivity contribution in [1.29, 1.82) is 0 Å². The second-order valence-corrected chi connectivity index (χ2v) is 6.96. The fraction of sp³-hybridized carbons (Fsp3) is 0.208. The zero-order chi connectivity index (χ0) is 22.1. The summed E-state index contributed by atoms with van der Waals surface area (Å²) in [5.74, 6) is -0.477. The molecule has 0 spiro atoms. The molecular weight excluding hydrogens is 397 g/mol. The van der Waals surface area contributed by atoms with E-state index >= 15 is 0 Å². The molecule has 3 aromatic rings. The Morgan fingerprint density at radius 2 is 1.74 bits per heavy atom. The molecular formula is C24H24FN3O3. The maximum Gasteiger partial charge on any atom is 0.261 e. The van der Waals surface area contributed by atoms with Gasteiger partial charge in [0.1, 0.15) is 17.6 Å². The summed E-state index contributed by atoms with van der Waals surface area (Å²) in [7, 11) is 0. The van der Waals surface area contributed by atoms with Gasteiger partial charge >= 0.3 is 0 Å². The Morgan fingerprint density at radius 3 is 2.42 bits per heavy atom. The zero-order valence-corrected chi connectivity index (χ0v) is 17.2. The fourth-order valence-electron chi connectivity index (χ4n) is 2.94. The van der Waals surface area contributed by atoms with E-state index in [-0.39, 0.29) is 37.3 Å². The van der Waals surface area contributed by atoms with Crippen molar-refractivity contribution in [1.82, 2.24) is 15.2 Å². The van der Waals surface area contributed by atoms with Crippen LogP contribution < -0.4 is 10.1 Å². The molecule has 0 saturated heterocycles. The number of halogens is 1. The van der Waals surface area contributed by atoms with Crippen LogP contribution in [-0.4, -0.2) is 34.3 Å². The van der Waals surface area contributed by atoms with Gasteiger partial charge in [-0.3, -0.25) is 14.6 Å². The summed E-state index contributed by atoms with van der Waals surface area (Å²) in [6.07, 6.45) is 1.65. The summed E-state index contributed by atoms with van der Waals surface area (Å²) in [6.45, 7) is 1.83. The van der Waals surface area contributed by atoms with E-state index in [9.17, 15) is 14.0 Å². The van der Waals surface area contributed by atoms with Crippen LogP contribution in [0.3, 0.4) is 0 Å². The van der Waals surface area contributed by atoms with Crippen LogP contribution in [0.1, 0.15) is 18.2 Å². The molecule has 2 aromatic carbocycles. The van der Waals surface area contributed by atoms with Crippen LogP contribution in [0.2, 0.25) is 0 Å². The Balaban J connectivity index is 1.69. The van der Waals surface area contributed by atoms with Gasteiger partial charge in [0.2, 0.25) is 5.91 Å². The van der Waals surface area contributed by atoms with Crippen molar-refractivity contribution >= 4 is 11.8 Å². The molecule has 1 atom stereocenters. The van der Waals surface area contributed by atoms with E-state index < -0.39 is 6.04 Å². The molecule has 0 radical (unpaired) electrons. The number of aromatic nitrogens is 1. The van der Waals surface area contributed by atoms with Crippen molar-refractivity contribution in [3.05, 3.63) is 96.1 Å². The molecule has 160 valence electrons. The van der Waals surface area contributed by atoms with Gasteiger partial charge in [0.05, 0.1) is 12.2 Å². The summed E-state index contributed by atoms with van der Waals surface area (Å²) < 4.78 is 18.8. The molecule has 31 heavy (non-hydrogen) atoms. The van der Waals surface area contributed by atoms with E-state index in [1.165, 1.54) is 17.0 Å². The lowest BCUT2D eigenvalue weighted by atomic mass is 10.1. The van der Waals surface area contributed by atoms with Crippen LogP contribution in [0.25, 0.3) is 0 Å². The van der Waals surface area contributed by atoms with Crippen LogP contribution in [0, 0.1) is 5.82 Å². The topological polar surface area (TPSA) is 71.5 Å². The number of amides is 2. The lowest BCUT2D eigenvalue weighted by molar-refractivity contribution is -0.142. The summed E-state index contributed by atoms with van der Waals surface area (Å²) in [4.78, 5) is 31.3. The van der Waals surface area contributed by atoms with Gasteiger partial charge in [-0.1, -0.05) is 36.4 Å². The molecule has 6 nitrogen and oxygen atoms in total. The van der Waals surface area contributed by atoms with Crippen molar-refractivity contribution in [2.45, 2.75) is 26.1 Å². The second-order valence-electron chi connectivity index (χ2n) is 6.96. The van der Waals surface area contributed by atoms with Gasteiger partial charge < -0.3 is 15.0 Å². The van der Waals surface area contributed by atoms with Crippen molar-refractivity contribution in [2.24, 2.45) is 0 Å². The van der Waals surface area contributed by atoms with Crippen LogP contribution in [-0.2, 0) is 22.7 Å². The number of ether oxygens (including phenoxy) is 1.